The number of carbonyl (C=O) groups is 1. The molecule has 1 atom stereocenters. The first-order chi connectivity index (χ1) is 13.1. The number of methoxy groups -OCH3 is 1. The number of fused-ring (bicyclic) bond motifs is 1. The van der Waals surface area contributed by atoms with Gasteiger partial charge in [-0.3, -0.25) is 9.89 Å². The maximum absolute atomic E-state index is 12.6. The minimum atomic E-state index is -0.256. The number of ether oxygens (including phenoxy) is 2. The van der Waals surface area contributed by atoms with E-state index in [4.69, 9.17) is 15.2 Å². The summed E-state index contributed by atoms with van der Waals surface area (Å²) in [7, 11) is 1.62. The Morgan fingerprint density at radius 3 is 2.81 bits per heavy atom. The van der Waals surface area contributed by atoms with E-state index in [2.05, 4.69) is 15.5 Å². The molecule has 1 unspecified atom stereocenters. The van der Waals surface area contributed by atoms with Crippen molar-refractivity contribution in [1.82, 2.24) is 10.2 Å². The number of aromatic nitrogens is 2. The largest absolute Gasteiger partial charge is 0.497 e. The Kier molecular flexibility index (Phi) is 4.42. The molecule has 0 radical (unpaired) electrons. The molecule has 4 N–H and O–H groups in total. The summed E-state index contributed by atoms with van der Waals surface area (Å²) in [4.78, 5) is 12.6. The number of nitrogen functional groups attached to an aromatic ring is 1. The lowest BCUT2D eigenvalue weighted by Gasteiger charge is -2.25. The standard InChI is InChI=1S/C20H20N4O3/c1-26-16-6-7-18-13(9-16)8-14(11-27-18)20(25)23-15-4-2-12(3-5-15)17-10-22-24-19(17)21/h2-7,9-10,14H,8,11H2,1H3,(H,23,25)(H3,21,22,24). The molecular weight excluding hydrogens is 344 g/mol. The second-order valence-electron chi connectivity index (χ2n) is 6.45. The summed E-state index contributed by atoms with van der Waals surface area (Å²) in [6.45, 7) is 0.356. The summed E-state index contributed by atoms with van der Waals surface area (Å²) >= 11 is 0. The molecule has 4 rings (SSSR count). The number of amides is 1. The molecule has 2 aromatic carbocycles. The van der Waals surface area contributed by atoms with E-state index in [1.54, 1.807) is 13.3 Å². The summed E-state index contributed by atoms with van der Waals surface area (Å²) in [5, 5.41) is 9.58. The van der Waals surface area contributed by atoms with Crippen LogP contribution in [-0.2, 0) is 11.2 Å². The van der Waals surface area contributed by atoms with Gasteiger partial charge in [0.15, 0.2) is 0 Å². The van der Waals surface area contributed by atoms with Gasteiger partial charge in [0.2, 0.25) is 5.91 Å². The molecule has 1 aliphatic heterocycles. The monoisotopic (exact) mass is 364 g/mol. The minimum Gasteiger partial charge on any atom is -0.497 e. The topological polar surface area (TPSA) is 102 Å². The number of anilines is 2. The molecule has 1 aromatic heterocycles. The van der Waals surface area contributed by atoms with Crippen molar-refractivity contribution in [1.29, 1.82) is 0 Å². The van der Waals surface area contributed by atoms with Crippen molar-refractivity contribution >= 4 is 17.4 Å². The summed E-state index contributed by atoms with van der Waals surface area (Å²) in [6.07, 6.45) is 2.29. The number of aromatic amines is 1. The Labute approximate surface area is 156 Å². The van der Waals surface area contributed by atoms with Crippen LogP contribution >= 0.6 is 0 Å². The number of H-pyrrole nitrogens is 1. The fraction of sp³-hybridized carbons (Fsp3) is 0.200. The van der Waals surface area contributed by atoms with Crippen LogP contribution in [0.5, 0.6) is 11.5 Å². The van der Waals surface area contributed by atoms with E-state index in [9.17, 15) is 4.79 Å². The highest BCUT2D eigenvalue weighted by Crippen LogP contribution is 2.31. The van der Waals surface area contributed by atoms with Gasteiger partial charge in [-0.25, -0.2) is 0 Å². The van der Waals surface area contributed by atoms with E-state index < -0.39 is 0 Å². The lowest BCUT2D eigenvalue weighted by Crippen LogP contribution is -2.32. The third-order valence-electron chi connectivity index (χ3n) is 4.68. The molecule has 1 amide bonds. The lowest BCUT2D eigenvalue weighted by atomic mass is 9.95. The number of hydrogen-bond acceptors (Lipinski definition) is 5. The molecule has 0 saturated carbocycles. The maximum atomic E-state index is 12.6. The highest BCUT2D eigenvalue weighted by atomic mass is 16.5. The Hall–Kier alpha value is -3.48. The molecule has 0 saturated heterocycles. The van der Waals surface area contributed by atoms with Crippen molar-refractivity contribution < 1.29 is 14.3 Å². The van der Waals surface area contributed by atoms with E-state index in [1.807, 2.05) is 42.5 Å². The predicted octanol–water partition coefficient (Wildman–Crippen LogP) is 2.86. The van der Waals surface area contributed by atoms with E-state index in [1.165, 1.54) is 0 Å². The number of rotatable bonds is 4. The van der Waals surface area contributed by atoms with Gasteiger partial charge >= 0.3 is 0 Å². The number of hydrogen-bond donors (Lipinski definition) is 3. The molecule has 2 heterocycles. The summed E-state index contributed by atoms with van der Waals surface area (Å²) < 4.78 is 11.0. The Bertz CT molecular complexity index is 966. The summed E-state index contributed by atoms with van der Waals surface area (Å²) in [5.74, 6) is 1.75. The molecule has 0 spiro atoms. The van der Waals surface area contributed by atoms with Gasteiger partial charge in [0.05, 0.1) is 19.2 Å². The molecule has 0 aliphatic carbocycles. The SMILES string of the molecule is COc1ccc2c(c1)CC(C(=O)Nc1ccc(-c3cn[nH]c3N)cc1)CO2. The van der Waals surface area contributed by atoms with Crippen LogP contribution in [0.3, 0.4) is 0 Å². The average Bonchev–Trinajstić information content (AvgIpc) is 3.13. The maximum Gasteiger partial charge on any atom is 0.231 e. The van der Waals surface area contributed by atoms with Crippen LogP contribution in [0.15, 0.2) is 48.7 Å². The zero-order valence-corrected chi connectivity index (χ0v) is 14.9. The van der Waals surface area contributed by atoms with E-state index in [0.717, 1.165) is 33.9 Å². The van der Waals surface area contributed by atoms with Crippen molar-refractivity contribution in [3.8, 4) is 22.6 Å². The fourth-order valence-corrected chi connectivity index (χ4v) is 3.17. The molecule has 0 fully saturated rings. The van der Waals surface area contributed by atoms with E-state index in [-0.39, 0.29) is 11.8 Å². The van der Waals surface area contributed by atoms with Gasteiger partial charge in [0.25, 0.3) is 0 Å². The van der Waals surface area contributed by atoms with E-state index in [0.29, 0.717) is 18.8 Å². The van der Waals surface area contributed by atoms with Crippen molar-refractivity contribution in [2.45, 2.75) is 6.42 Å². The van der Waals surface area contributed by atoms with Gasteiger partial charge in [0, 0.05) is 11.3 Å². The van der Waals surface area contributed by atoms with Crippen LogP contribution in [0.25, 0.3) is 11.1 Å². The summed E-state index contributed by atoms with van der Waals surface area (Å²) in [6, 6.07) is 13.1. The highest BCUT2D eigenvalue weighted by Gasteiger charge is 2.26. The predicted molar refractivity (Wildman–Crippen MR) is 103 cm³/mol. The van der Waals surface area contributed by atoms with Gasteiger partial charge < -0.3 is 20.5 Å². The van der Waals surface area contributed by atoms with Crippen LogP contribution in [-0.4, -0.2) is 29.8 Å². The molecule has 3 aromatic rings. The highest BCUT2D eigenvalue weighted by molar-refractivity contribution is 5.93. The smallest absolute Gasteiger partial charge is 0.231 e. The normalized spacial score (nSPS) is 15.5. The third kappa shape index (κ3) is 3.44. The second kappa shape index (κ2) is 7.03. The van der Waals surface area contributed by atoms with Crippen LogP contribution < -0.4 is 20.5 Å². The van der Waals surface area contributed by atoms with Gasteiger partial charge in [-0.1, -0.05) is 12.1 Å². The average molecular weight is 364 g/mol. The molecule has 7 nitrogen and oxygen atoms in total. The zero-order chi connectivity index (χ0) is 18.8. The van der Waals surface area contributed by atoms with Crippen molar-refractivity contribution in [3.05, 3.63) is 54.2 Å². The molecular formula is C20H20N4O3. The Morgan fingerprint density at radius 1 is 1.30 bits per heavy atom. The summed E-state index contributed by atoms with van der Waals surface area (Å²) in [5.41, 5.74) is 9.30. The molecule has 138 valence electrons. The van der Waals surface area contributed by atoms with E-state index >= 15 is 0 Å². The molecule has 1 aliphatic rings. The Balaban J connectivity index is 1.44. The van der Waals surface area contributed by atoms with Gasteiger partial charge in [-0.2, -0.15) is 5.10 Å². The van der Waals surface area contributed by atoms with Crippen molar-refractivity contribution in [2.24, 2.45) is 5.92 Å². The van der Waals surface area contributed by atoms with Crippen LogP contribution in [0.4, 0.5) is 11.5 Å². The van der Waals surface area contributed by atoms with Crippen molar-refractivity contribution in [3.63, 3.8) is 0 Å². The number of carbonyl (C=O) groups excluding carboxylic acids is 1. The Morgan fingerprint density at radius 2 is 2.11 bits per heavy atom. The first kappa shape index (κ1) is 17.0. The number of nitrogens with one attached hydrogen (secondary N) is 2. The first-order valence-corrected chi connectivity index (χ1v) is 8.64. The van der Waals surface area contributed by atoms with Crippen LogP contribution in [0.1, 0.15) is 5.56 Å². The zero-order valence-electron chi connectivity index (χ0n) is 14.9. The van der Waals surface area contributed by atoms with Crippen LogP contribution in [0, 0.1) is 5.92 Å². The molecule has 0 bridgehead atoms. The number of benzene rings is 2. The van der Waals surface area contributed by atoms with Gasteiger partial charge in [-0.15, -0.1) is 0 Å². The van der Waals surface area contributed by atoms with Gasteiger partial charge in [-0.05, 0) is 47.9 Å². The molecule has 27 heavy (non-hydrogen) atoms. The number of nitrogens with zero attached hydrogens (tertiary/aromatic N) is 1. The lowest BCUT2D eigenvalue weighted by molar-refractivity contribution is -0.121. The third-order valence-corrected chi connectivity index (χ3v) is 4.68. The van der Waals surface area contributed by atoms with Gasteiger partial charge in [0.1, 0.15) is 23.9 Å². The second-order valence-corrected chi connectivity index (χ2v) is 6.45. The van der Waals surface area contributed by atoms with Crippen molar-refractivity contribution in [2.75, 3.05) is 24.8 Å². The first-order valence-electron chi connectivity index (χ1n) is 8.64. The fourth-order valence-electron chi connectivity index (χ4n) is 3.17. The quantitative estimate of drug-likeness (QED) is 0.661. The number of nitrogens with two attached hydrogens (primary N) is 1. The minimum absolute atomic E-state index is 0.0703. The van der Waals surface area contributed by atoms with Crippen LogP contribution in [0.2, 0.25) is 0 Å². The molecule has 7 heteroatoms.